The molecule has 0 aliphatic rings. The number of carbonyl (C=O) groups excluding carboxylic acids is 1. The number of ether oxygens (including phenoxy) is 1. The quantitative estimate of drug-likeness (QED) is 0.608. The van der Waals surface area contributed by atoms with Crippen LogP contribution in [0.15, 0.2) is 0 Å². The van der Waals surface area contributed by atoms with Crippen LogP contribution in [0.5, 0.6) is 0 Å². The van der Waals surface area contributed by atoms with Crippen LogP contribution in [0.25, 0.3) is 0 Å². The molecule has 1 amide bonds. The number of hydrogen-bond donors (Lipinski definition) is 2. The van der Waals surface area contributed by atoms with Crippen molar-refractivity contribution in [3.8, 4) is 0 Å². The average molecular weight is 231 g/mol. The van der Waals surface area contributed by atoms with Gasteiger partial charge in [-0.15, -0.1) is 0 Å². The van der Waals surface area contributed by atoms with Crippen LogP contribution < -0.4 is 5.32 Å². The Hall–Kier alpha value is -1.10. The minimum absolute atomic E-state index is 0.216. The van der Waals surface area contributed by atoms with Crippen molar-refractivity contribution in [2.75, 3.05) is 19.8 Å². The molecule has 0 saturated carbocycles. The van der Waals surface area contributed by atoms with Gasteiger partial charge in [-0.05, 0) is 13.3 Å². The maximum atomic E-state index is 11.5. The highest BCUT2D eigenvalue weighted by Gasteiger charge is 2.25. The predicted octanol–water partition coefficient (Wildman–Crippen LogP) is 0.886. The maximum Gasteiger partial charge on any atom is 0.307 e. The van der Waals surface area contributed by atoms with E-state index in [0.29, 0.717) is 19.8 Å². The van der Waals surface area contributed by atoms with E-state index in [-0.39, 0.29) is 5.91 Å². The number of carboxylic acids is 1. The third-order valence-corrected chi connectivity index (χ3v) is 2.52. The van der Waals surface area contributed by atoms with Crippen LogP contribution in [0, 0.1) is 11.8 Å². The number of carboxylic acid groups (broad SMARTS) is 1. The molecule has 5 nitrogen and oxygen atoms in total. The van der Waals surface area contributed by atoms with E-state index in [1.54, 1.807) is 6.92 Å². The molecular formula is C11H21NO4. The smallest absolute Gasteiger partial charge is 0.307 e. The molecule has 0 aromatic heterocycles. The van der Waals surface area contributed by atoms with Crippen LogP contribution in [0.3, 0.4) is 0 Å². The lowest BCUT2D eigenvalue weighted by molar-refractivity contribution is -0.146. The number of hydrogen-bond acceptors (Lipinski definition) is 3. The second-order valence-corrected chi connectivity index (χ2v) is 3.76. The van der Waals surface area contributed by atoms with Crippen LogP contribution in [-0.4, -0.2) is 36.7 Å². The van der Waals surface area contributed by atoms with Gasteiger partial charge in [0.05, 0.1) is 5.92 Å². The number of amides is 1. The Morgan fingerprint density at radius 3 is 2.44 bits per heavy atom. The molecular weight excluding hydrogens is 210 g/mol. The van der Waals surface area contributed by atoms with Crippen molar-refractivity contribution in [1.29, 1.82) is 0 Å². The van der Waals surface area contributed by atoms with Crippen molar-refractivity contribution in [3.63, 3.8) is 0 Å². The molecule has 94 valence electrons. The molecule has 0 fully saturated rings. The molecule has 16 heavy (non-hydrogen) atoms. The standard InChI is InChI=1S/C11H21NO4/c1-4-16-7-5-6-12-10(13)8(2)9(3)11(14)15/h8-9H,4-7H2,1-3H3,(H,12,13)(H,14,15). The zero-order valence-electron chi connectivity index (χ0n) is 10.2. The van der Waals surface area contributed by atoms with Crippen LogP contribution in [0.4, 0.5) is 0 Å². The Labute approximate surface area is 96.2 Å². The van der Waals surface area contributed by atoms with E-state index < -0.39 is 17.8 Å². The van der Waals surface area contributed by atoms with Crippen molar-refractivity contribution >= 4 is 11.9 Å². The molecule has 0 saturated heterocycles. The van der Waals surface area contributed by atoms with Gasteiger partial charge in [0.25, 0.3) is 0 Å². The number of aliphatic carboxylic acids is 1. The van der Waals surface area contributed by atoms with Gasteiger partial charge in [0, 0.05) is 25.7 Å². The van der Waals surface area contributed by atoms with E-state index in [1.807, 2.05) is 6.92 Å². The van der Waals surface area contributed by atoms with Crippen molar-refractivity contribution in [2.45, 2.75) is 27.2 Å². The van der Waals surface area contributed by atoms with Crippen LogP contribution in [0.1, 0.15) is 27.2 Å². The van der Waals surface area contributed by atoms with Crippen molar-refractivity contribution in [2.24, 2.45) is 11.8 Å². The summed E-state index contributed by atoms with van der Waals surface area (Å²) in [5.41, 5.74) is 0. The van der Waals surface area contributed by atoms with Crippen molar-refractivity contribution < 1.29 is 19.4 Å². The molecule has 2 N–H and O–H groups in total. The molecule has 0 radical (unpaired) electrons. The van der Waals surface area contributed by atoms with Crippen LogP contribution in [0.2, 0.25) is 0 Å². The van der Waals surface area contributed by atoms with E-state index >= 15 is 0 Å². The highest BCUT2D eigenvalue weighted by molar-refractivity contribution is 5.84. The molecule has 2 atom stereocenters. The molecule has 0 aliphatic carbocycles. The number of carbonyl (C=O) groups is 2. The normalized spacial score (nSPS) is 14.2. The molecule has 0 spiro atoms. The largest absolute Gasteiger partial charge is 0.481 e. The first-order valence-corrected chi connectivity index (χ1v) is 5.59. The topological polar surface area (TPSA) is 75.6 Å². The van der Waals surface area contributed by atoms with Crippen molar-refractivity contribution in [3.05, 3.63) is 0 Å². The van der Waals surface area contributed by atoms with Gasteiger partial charge in [-0.25, -0.2) is 0 Å². The lowest BCUT2D eigenvalue weighted by atomic mass is 9.95. The summed E-state index contributed by atoms with van der Waals surface area (Å²) in [4.78, 5) is 22.2. The van der Waals surface area contributed by atoms with E-state index in [0.717, 1.165) is 6.42 Å². The summed E-state index contributed by atoms with van der Waals surface area (Å²) < 4.78 is 5.12. The monoisotopic (exact) mass is 231 g/mol. The third kappa shape index (κ3) is 5.70. The van der Waals surface area contributed by atoms with Gasteiger partial charge in [0.15, 0.2) is 0 Å². The Morgan fingerprint density at radius 1 is 1.31 bits per heavy atom. The minimum Gasteiger partial charge on any atom is -0.481 e. The molecule has 2 unspecified atom stereocenters. The van der Waals surface area contributed by atoms with Gasteiger partial charge < -0.3 is 15.2 Å². The Bertz CT molecular complexity index is 230. The lowest BCUT2D eigenvalue weighted by Gasteiger charge is -2.15. The lowest BCUT2D eigenvalue weighted by Crippen LogP contribution is -2.35. The fourth-order valence-electron chi connectivity index (χ4n) is 1.13. The van der Waals surface area contributed by atoms with Gasteiger partial charge in [0.2, 0.25) is 5.91 Å². The molecule has 0 aromatic rings. The molecule has 0 aliphatic heterocycles. The first kappa shape index (κ1) is 14.9. The number of nitrogens with one attached hydrogen (secondary N) is 1. The third-order valence-electron chi connectivity index (χ3n) is 2.52. The van der Waals surface area contributed by atoms with Gasteiger partial charge in [0.1, 0.15) is 0 Å². The Kier molecular flexibility index (Phi) is 7.54. The Balaban J connectivity index is 3.75. The van der Waals surface area contributed by atoms with E-state index in [2.05, 4.69) is 5.32 Å². The van der Waals surface area contributed by atoms with Gasteiger partial charge >= 0.3 is 5.97 Å². The summed E-state index contributed by atoms with van der Waals surface area (Å²) in [5, 5.41) is 11.4. The summed E-state index contributed by atoms with van der Waals surface area (Å²) in [7, 11) is 0. The highest BCUT2D eigenvalue weighted by Crippen LogP contribution is 2.10. The molecule has 0 aromatic carbocycles. The van der Waals surface area contributed by atoms with E-state index in [4.69, 9.17) is 9.84 Å². The summed E-state index contributed by atoms with van der Waals surface area (Å²) in [6.07, 6.45) is 0.744. The van der Waals surface area contributed by atoms with Crippen LogP contribution >= 0.6 is 0 Å². The maximum absolute atomic E-state index is 11.5. The summed E-state index contributed by atoms with van der Waals surface area (Å²) >= 11 is 0. The summed E-state index contributed by atoms with van der Waals surface area (Å²) in [6.45, 7) is 6.87. The zero-order valence-corrected chi connectivity index (χ0v) is 10.2. The van der Waals surface area contributed by atoms with E-state index in [1.165, 1.54) is 6.92 Å². The second kappa shape index (κ2) is 8.10. The van der Waals surface area contributed by atoms with Gasteiger partial charge in [-0.1, -0.05) is 13.8 Å². The van der Waals surface area contributed by atoms with E-state index in [9.17, 15) is 9.59 Å². The molecule has 0 bridgehead atoms. The fraction of sp³-hybridized carbons (Fsp3) is 0.818. The summed E-state index contributed by atoms with van der Waals surface area (Å²) in [5.74, 6) is -2.33. The second-order valence-electron chi connectivity index (χ2n) is 3.76. The highest BCUT2D eigenvalue weighted by atomic mass is 16.5. The predicted molar refractivity (Wildman–Crippen MR) is 60.1 cm³/mol. The van der Waals surface area contributed by atoms with Gasteiger partial charge in [-0.2, -0.15) is 0 Å². The SMILES string of the molecule is CCOCCCNC(=O)C(C)C(C)C(=O)O. The summed E-state index contributed by atoms with van der Waals surface area (Å²) in [6, 6.07) is 0. The average Bonchev–Trinajstić information content (AvgIpc) is 2.26. The van der Waals surface area contributed by atoms with Crippen molar-refractivity contribution in [1.82, 2.24) is 5.32 Å². The molecule has 5 heteroatoms. The van der Waals surface area contributed by atoms with Gasteiger partial charge in [-0.3, -0.25) is 9.59 Å². The Morgan fingerprint density at radius 2 is 1.94 bits per heavy atom. The first-order chi connectivity index (χ1) is 7.50. The van der Waals surface area contributed by atoms with Crippen LogP contribution in [-0.2, 0) is 14.3 Å². The minimum atomic E-state index is -0.947. The first-order valence-electron chi connectivity index (χ1n) is 5.59. The zero-order chi connectivity index (χ0) is 12.6. The number of rotatable bonds is 8. The fourth-order valence-corrected chi connectivity index (χ4v) is 1.13. The molecule has 0 heterocycles. The molecule has 0 rings (SSSR count).